The van der Waals surface area contributed by atoms with Gasteiger partial charge in [-0.25, -0.2) is 17.2 Å². The standard InChI is InChI=1S/C19H15ClF2N4O3S2/c20-14-10-13(7-8-15(14)22)31(28,29)26-9-1-2-16(26)18-24-25-19(30-18)17(27)23-12-5-3-11(21)4-6-12/h3-8,10,16H,1-2,9H2,(H,23,27)/t16-/m1/s1. The quantitative estimate of drug-likeness (QED) is 0.584. The summed E-state index contributed by atoms with van der Waals surface area (Å²) >= 11 is 6.73. The molecule has 1 saturated heterocycles. The van der Waals surface area contributed by atoms with Crippen LogP contribution in [0.4, 0.5) is 14.5 Å². The fourth-order valence-electron chi connectivity index (χ4n) is 3.23. The first-order chi connectivity index (χ1) is 14.8. The minimum Gasteiger partial charge on any atom is -0.320 e. The van der Waals surface area contributed by atoms with E-state index in [1.54, 1.807) is 0 Å². The summed E-state index contributed by atoms with van der Waals surface area (Å²) in [6.45, 7) is 0.249. The van der Waals surface area contributed by atoms with E-state index in [4.69, 9.17) is 11.6 Å². The van der Waals surface area contributed by atoms with Crippen molar-refractivity contribution in [2.45, 2.75) is 23.8 Å². The molecule has 0 saturated carbocycles. The Bertz CT molecular complexity index is 1240. The van der Waals surface area contributed by atoms with Gasteiger partial charge in [-0.05, 0) is 55.3 Å². The summed E-state index contributed by atoms with van der Waals surface area (Å²) in [7, 11) is -3.95. The molecule has 12 heteroatoms. The van der Waals surface area contributed by atoms with E-state index in [2.05, 4.69) is 15.5 Å². The molecule has 0 aliphatic carbocycles. The lowest BCUT2D eigenvalue weighted by molar-refractivity contribution is 0.102. The summed E-state index contributed by atoms with van der Waals surface area (Å²) in [4.78, 5) is 12.3. The van der Waals surface area contributed by atoms with Crippen LogP contribution in [0, 0.1) is 11.6 Å². The lowest BCUT2D eigenvalue weighted by Crippen LogP contribution is -2.30. The number of benzene rings is 2. The van der Waals surface area contributed by atoms with Crippen molar-refractivity contribution in [1.29, 1.82) is 0 Å². The molecule has 7 nitrogen and oxygen atoms in total. The number of halogens is 3. The Morgan fingerprint density at radius 2 is 1.90 bits per heavy atom. The Kier molecular flexibility index (Phi) is 6.02. The van der Waals surface area contributed by atoms with Gasteiger partial charge in [-0.1, -0.05) is 22.9 Å². The Morgan fingerprint density at radius 3 is 2.61 bits per heavy atom. The summed E-state index contributed by atoms with van der Waals surface area (Å²) in [5.74, 6) is -1.67. The minimum atomic E-state index is -3.95. The van der Waals surface area contributed by atoms with Crippen LogP contribution in [0.25, 0.3) is 0 Å². The van der Waals surface area contributed by atoms with Crippen molar-refractivity contribution in [2.24, 2.45) is 0 Å². The van der Waals surface area contributed by atoms with Gasteiger partial charge in [0.25, 0.3) is 5.91 Å². The number of nitrogens with one attached hydrogen (secondary N) is 1. The minimum absolute atomic E-state index is 0.0494. The van der Waals surface area contributed by atoms with Crippen LogP contribution < -0.4 is 5.32 Å². The van der Waals surface area contributed by atoms with E-state index >= 15 is 0 Å². The monoisotopic (exact) mass is 484 g/mol. The predicted molar refractivity (Wildman–Crippen MR) is 112 cm³/mol. The number of aromatic nitrogens is 2. The second kappa shape index (κ2) is 8.58. The van der Waals surface area contributed by atoms with Crippen molar-refractivity contribution in [3.63, 3.8) is 0 Å². The van der Waals surface area contributed by atoms with Gasteiger partial charge in [0.2, 0.25) is 15.0 Å². The van der Waals surface area contributed by atoms with E-state index in [9.17, 15) is 22.0 Å². The molecule has 3 aromatic rings. The average Bonchev–Trinajstić information content (AvgIpc) is 3.41. The van der Waals surface area contributed by atoms with Crippen molar-refractivity contribution >= 4 is 44.6 Å². The molecule has 1 N–H and O–H groups in total. The van der Waals surface area contributed by atoms with E-state index in [0.29, 0.717) is 23.5 Å². The number of nitrogens with zero attached hydrogens (tertiary/aromatic N) is 3. The highest BCUT2D eigenvalue weighted by molar-refractivity contribution is 7.89. The van der Waals surface area contributed by atoms with Crippen molar-refractivity contribution in [3.05, 3.63) is 69.1 Å². The fraction of sp³-hybridized carbons (Fsp3) is 0.211. The topological polar surface area (TPSA) is 92.3 Å². The van der Waals surface area contributed by atoms with Crippen LogP contribution in [0.15, 0.2) is 47.4 Å². The molecule has 31 heavy (non-hydrogen) atoms. The first-order valence-corrected chi connectivity index (χ1v) is 11.8. The average molecular weight is 485 g/mol. The lowest BCUT2D eigenvalue weighted by atomic mass is 10.2. The molecule has 2 aromatic carbocycles. The number of hydrogen-bond donors (Lipinski definition) is 1. The van der Waals surface area contributed by atoms with E-state index in [-0.39, 0.29) is 21.5 Å². The van der Waals surface area contributed by atoms with E-state index < -0.39 is 33.6 Å². The van der Waals surface area contributed by atoms with Gasteiger partial charge in [-0.2, -0.15) is 4.31 Å². The number of carbonyl (C=O) groups excluding carboxylic acids is 1. The smallest absolute Gasteiger partial charge is 0.286 e. The molecule has 1 aromatic heterocycles. The summed E-state index contributed by atoms with van der Waals surface area (Å²) in [6, 6.07) is 7.88. The fourth-order valence-corrected chi connectivity index (χ4v) is 6.11. The van der Waals surface area contributed by atoms with Gasteiger partial charge in [-0.3, -0.25) is 4.79 Å². The summed E-state index contributed by atoms with van der Waals surface area (Å²) in [5, 5.41) is 10.6. The molecule has 0 spiro atoms. The van der Waals surface area contributed by atoms with Gasteiger partial charge in [0.15, 0.2) is 0 Å². The van der Waals surface area contributed by atoms with Gasteiger partial charge in [0.05, 0.1) is 16.0 Å². The largest absolute Gasteiger partial charge is 0.320 e. The molecule has 0 radical (unpaired) electrons. The zero-order chi connectivity index (χ0) is 22.2. The first-order valence-electron chi connectivity index (χ1n) is 9.13. The second-order valence-corrected chi connectivity index (χ2v) is 10.1. The Labute approximate surface area is 185 Å². The normalized spacial score (nSPS) is 17.1. The van der Waals surface area contributed by atoms with Crippen LogP contribution >= 0.6 is 22.9 Å². The number of sulfonamides is 1. The predicted octanol–water partition coefficient (Wildman–Crippen LogP) is 4.25. The zero-order valence-corrected chi connectivity index (χ0v) is 18.1. The maximum Gasteiger partial charge on any atom is 0.286 e. The molecule has 0 bridgehead atoms. The van der Waals surface area contributed by atoms with E-state index in [1.165, 1.54) is 28.6 Å². The number of carbonyl (C=O) groups is 1. The molecule has 1 amide bonds. The molecular formula is C19H15ClF2N4O3S2. The number of hydrogen-bond acceptors (Lipinski definition) is 6. The highest BCUT2D eigenvalue weighted by atomic mass is 35.5. The molecule has 4 rings (SSSR count). The third-order valence-corrected chi connectivity index (χ3v) is 7.94. The lowest BCUT2D eigenvalue weighted by Gasteiger charge is -2.22. The van der Waals surface area contributed by atoms with Crippen molar-refractivity contribution in [1.82, 2.24) is 14.5 Å². The van der Waals surface area contributed by atoms with E-state index in [1.807, 2.05) is 0 Å². The number of anilines is 1. The SMILES string of the molecule is O=C(Nc1ccc(F)cc1)c1nnc([C@H]2CCCN2S(=O)(=O)c2ccc(F)c(Cl)c2)s1. The number of amides is 1. The molecule has 162 valence electrons. The van der Waals surface area contributed by atoms with Gasteiger partial charge in [-0.15, -0.1) is 10.2 Å². The molecule has 1 fully saturated rings. The van der Waals surface area contributed by atoms with Crippen molar-refractivity contribution in [3.8, 4) is 0 Å². The molecule has 1 atom stereocenters. The second-order valence-electron chi connectivity index (χ2n) is 6.76. The Balaban J connectivity index is 1.55. The van der Waals surface area contributed by atoms with Crippen LogP contribution in [-0.2, 0) is 10.0 Å². The maximum absolute atomic E-state index is 13.4. The van der Waals surface area contributed by atoms with Crippen molar-refractivity contribution in [2.75, 3.05) is 11.9 Å². The summed E-state index contributed by atoms with van der Waals surface area (Å²) in [5.41, 5.74) is 0.390. The third kappa shape index (κ3) is 4.45. The Morgan fingerprint density at radius 1 is 1.16 bits per heavy atom. The summed E-state index contributed by atoms with van der Waals surface area (Å²) < 4.78 is 53.9. The van der Waals surface area contributed by atoms with Gasteiger partial charge < -0.3 is 5.32 Å². The molecule has 2 heterocycles. The molecule has 0 unspecified atom stereocenters. The highest BCUT2D eigenvalue weighted by Gasteiger charge is 2.38. The number of rotatable bonds is 5. The van der Waals surface area contributed by atoms with Crippen LogP contribution in [0.1, 0.15) is 33.7 Å². The van der Waals surface area contributed by atoms with Crippen LogP contribution in [0.2, 0.25) is 5.02 Å². The first kappa shape index (κ1) is 21.8. The summed E-state index contributed by atoms with van der Waals surface area (Å²) in [6.07, 6.45) is 1.10. The highest BCUT2D eigenvalue weighted by Crippen LogP contribution is 2.38. The maximum atomic E-state index is 13.4. The third-order valence-electron chi connectivity index (χ3n) is 4.72. The van der Waals surface area contributed by atoms with Crippen LogP contribution in [0.3, 0.4) is 0 Å². The van der Waals surface area contributed by atoms with Gasteiger partial charge in [0, 0.05) is 12.2 Å². The molecule has 1 aliphatic rings. The van der Waals surface area contributed by atoms with Gasteiger partial charge >= 0.3 is 0 Å². The van der Waals surface area contributed by atoms with Crippen LogP contribution in [-0.4, -0.2) is 35.4 Å². The van der Waals surface area contributed by atoms with E-state index in [0.717, 1.165) is 29.5 Å². The molecule has 1 aliphatic heterocycles. The zero-order valence-electron chi connectivity index (χ0n) is 15.8. The Hall–Kier alpha value is -2.47. The van der Waals surface area contributed by atoms with Crippen molar-refractivity contribution < 1.29 is 22.0 Å². The molecular weight excluding hydrogens is 470 g/mol. The van der Waals surface area contributed by atoms with Gasteiger partial charge in [0.1, 0.15) is 16.6 Å². The van der Waals surface area contributed by atoms with Crippen LogP contribution in [0.5, 0.6) is 0 Å².